The molecular weight excluding hydrogens is 555 g/mol. The Bertz CT molecular complexity index is 2060. The fourth-order valence-corrected chi connectivity index (χ4v) is 5.96. The van der Waals surface area contributed by atoms with Gasteiger partial charge in [-0.3, -0.25) is 0 Å². The minimum Gasteiger partial charge on any atom is -0.355 e. The summed E-state index contributed by atoms with van der Waals surface area (Å²) in [6.07, 6.45) is 3.22. The zero-order chi connectivity index (χ0) is 31.0. The van der Waals surface area contributed by atoms with Crippen molar-refractivity contribution in [2.75, 3.05) is 5.32 Å². The van der Waals surface area contributed by atoms with Gasteiger partial charge in [0.25, 0.3) is 0 Å². The molecule has 7 aromatic carbocycles. The van der Waals surface area contributed by atoms with E-state index in [-0.39, 0.29) is 0 Å². The topological polar surface area (TPSA) is 12.0 Å². The fourth-order valence-electron chi connectivity index (χ4n) is 5.96. The third kappa shape index (κ3) is 6.75. The van der Waals surface area contributed by atoms with Crippen LogP contribution in [0.5, 0.6) is 0 Å². The Hall–Kier alpha value is -5.92. The molecule has 0 fully saturated rings. The Kier molecular flexibility index (Phi) is 8.65. The monoisotopic (exact) mass is 589 g/mol. The summed E-state index contributed by atoms with van der Waals surface area (Å²) in [7, 11) is 0. The molecule has 0 aromatic heterocycles. The highest BCUT2D eigenvalue weighted by Gasteiger charge is 2.10. The zero-order valence-corrected chi connectivity index (χ0v) is 25.7. The van der Waals surface area contributed by atoms with Crippen molar-refractivity contribution in [3.63, 3.8) is 0 Å². The van der Waals surface area contributed by atoms with Crippen LogP contribution in [-0.4, -0.2) is 0 Å². The lowest BCUT2D eigenvalue weighted by molar-refractivity contribution is 1.27. The number of nitrogens with one attached hydrogen (secondary N) is 1. The molecule has 46 heavy (non-hydrogen) atoms. The lowest BCUT2D eigenvalue weighted by Crippen LogP contribution is -1.95. The molecule has 1 nitrogen and oxygen atoms in total. The van der Waals surface area contributed by atoms with Crippen molar-refractivity contribution in [3.8, 4) is 33.4 Å². The summed E-state index contributed by atoms with van der Waals surface area (Å²) >= 11 is 0. The number of rotatable bonds is 9. The van der Waals surface area contributed by atoms with Crippen molar-refractivity contribution < 1.29 is 0 Å². The van der Waals surface area contributed by atoms with Crippen LogP contribution in [0.3, 0.4) is 0 Å². The minimum atomic E-state index is 0.883. The van der Waals surface area contributed by atoms with Crippen molar-refractivity contribution in [3.05, 3.63) is 211 Å². The molecule has 0 bridgehead atoms. The Morgan fingerprint density at radius 2 is 0.913 bits per heavy atom. The summed E-state index contributed by atoms with van der Waals surface area (Å²) in [6.45, 7) is 0. The highest BCUT2D eigenvalue weighted by atomic mass is 14.9. The second-order valence-corrected chi connectivity index (χ2v) is 11.4. The molecule has 0 spiro atoms. The molecule has 1 heteroatoms. The highest BCUT2D eigenvalue weighted by Crippen LogP contribution is 2.34. The minimum absolute atomic E-state index is 0.883. The van der Waals surface area contributed by atoms with Crippen LogP contribution in [-0.2, 0) is 6.42 Å². The van der Waals surface area contributed by atoms with E-state index in [4.69, 9.17) is 0 Å². The lowest BCUT2D eigenvalue weighted by atomic mass is 9.95. The normalized spacial score (nSPS) is 11.3. The molecule has 7 rings (SSSR count). The average molecular weight is 590 g/mol. The van der Waals surface area contributed by atoms with Crippen LogP contribution in [0.2, 0.25) is 0 Å². The summed E-state index contributed by atoms with van der Waals surface area (Å²) in [6, 6.07) is 66.8. The molecule has 0 saturated carbocycles. The number of allylic oxidation sites excluding steroid dienone is 1. The molecule has 0 atom stereocenters. The van der Waals surface area contributed by atoms with Crippen molar-refractivity contribution >= 4 is 16.9 Å². The van der Waals surface area contributed by atoms with Gasteiger partial charge >= 0.3 is 0 Å². The first kappa shape index (κ1) is 28.8. The molecule has 0 aliphatic rings. The molecule has 0 saturated heterocycles. The van der Waals surface area contributed by atoms with Crippen molar-refractivity contribution in [1.29, 1.82) is 0 Å². The predicted octanol–water partition coefficient (Wildman–Crippen LogP) is 12.1. The van der Waals surface area contributed by atoms with E-state index in [9.17, 15) is 0 Å². The third-order valence-corrected chi connectivity index (χ3v) is 8.35. The van der Waals surface area contributed by atoms with Gasteiger partial charge in [0.05, 0.1) is 0 Å². The van der Waals surface area contributed by atoms with E-state index in [1.54, 1.807) is 0 Å². The van der Waals surface area contributed by atoms with Gasteiger partial charge in [-0.1, -0.05) is 164 Å². The number of para-hydroxylation sites is 1. The number of anilines is 2. The van der Waals surface area contributed by atoms with Crippen LogP contribution in [0.4, 0.5) is 11.4 Å². The van der Waals surface area contributed by atoms with Gasteiger partial charge in [0.1, 0.15) is 0 Å². The summed E-state index contributed by atoms with van der Waals surface area (Å²) in [5, 5.41) is 3.71. The standard InChI is InChI=1S/C45H35N/c1-4-14-34(15-5-1)26-31-43(36-18-8-3-9-19-36)37-27-29-42(30-28-37)46-45-25-11-10-24-44(45)41-23-13-22-40(33-41)39-21-12-20-38(32-39)35-16-6-2-7-17-35/h1-25,27-33,46H,26H2/b43-31-. The summed E-state index contributed by atoms with van der Waals surface area (Å²) < 4.78 is 0. The maximum atomic E-state index is 3.71. The summed E-state index contributed by atoms with van der Waals surface area (Å²) in [5.74, 6) is 0. The SMILES string of the molecule is C(/Cc1ccccc1)=C(\c1ccccc1)c1ccc(Nc2ccccc2-c2cccc(-c3cccc(-c4ccccc4)c3)c2)cc1. The van der Waals surface area contributed by atoms with Crippen LogP contribution >= 0.6 is 0 Å². The van der Waals surface area contributed by atoms with Gasteiger partial charge in [-0.25, -0.2) is 0 Å². The van der Waals surface area contributed by atoms with E-state index in [0.717, 1.165) is 17.8 Å². The molecule has 220 valence electrons. The van der Waals surface area contributed by atoms with E-state index < -0.39 is 0 Å². The average Bonchev–Trinajstić information content (AvgIpc) is 3.14. The Labute approximate surface area is 272 Å². The van der Waals surface area contributed by atoms with E-state index in [1.165, 1.54) is 55.6 Å². The van der Waals surface area contributed by atoms with E-state index in [0.29, 0.717) is 0 Å². The number of hydrogen-bond acceptors (Lipinski definition) is 1. The Balaban J connectivity index is 1.15. The van der Waals surface area contributed by atoms with Crippen LogP contribution < -0.4 is 5.32 Å². The van der Waals surface area contributed by atoms with E-state index in [2.05, 4.69) is 199 Å². The molecule has 0 radical (unpaired) electrons. The van der Waals surface area contributed by atoms with Crippen LogP contribution in [0, 0.1) is 0 Å². The number of hydrogen-bond donors (Lipinski definition) is 1. The second kappa shape index (κ2) is 13.8. The van der Waals surface area contributed by atoms with Crippen molar-refractivity contribution in [1.82, 2.24) is 0 Å². The third-order valence-electron chi connectivity index (χ3n) is 8.35. The van der Waals surface area contributed by atoms with Crippen molar-refractivity contribution in [2.45, 2.75) is 6.42 Å². The van der Waals surface area contributed by atoms with Gasteiger partial charge in [0.2, 0.25) is 0 Å². The van der Waals surface area contributed by atoms with E-state index in [1.807, 2.05) is 0 Å². The van der Waals surface area contributed by atoms with Gasteiger partial charge in [-0.2, -0.15) is 0 Å². The van der Waals surface area contributed by atoms with E-state index >= 15 is 0 Å². The van der Waals surface area contributed by atoms with Gasteiger partial charge < -0.3 is 5.32 Å². The van der Waals surface area contributed by atoms with Gasteiger partial charge in [-0.05, 0) is 86.8 Å². The van der Waals surface area contributed by atoms with Crippen LogP contribution in [0.15, 0.2) is 194 Å². The van der Waals surface area contributed by atoms with Gasteiger partial charge in [0, 0.05) is 16.9 Å². The Morgan fingerprint density at radius 3 is 1.61 bits per heavy atom. The molecule has 0 heterocycles. The molecule has 0 aliphatic carbocycles. The molecular formula is C45H35N. The largest absolute Gasteiger partial charge is 0.355 e. The summed E-state index contributed by atoms with van der Waals surface area (Å²) in [5.41, 5.74) is 14.3. The maximum absolute atomic E-state index is 3.71. The quantitative estimate of drug-likeness (QED) is 0.177. The first-order chi connectivity index (χ1) is 22.8. The predicted molar refractivity (Wildman–Crippen MR) is 196 cm³/mol. The fraction of sp³-hybridized carbons (Fsp3) is 0.0222. The lowest BCUT2D eigenvalue weighted by Gasteiger charge is -2.15. The second-order valence-electron chi connectivity index (χ2n) is 11.4. The molecule has 0 aliphatic heterocycles. The first-order valence-corrected chi connectivity index (χ1v) is 15.8. The molecule has 1 N–H and O–H groups in total. The highest BCUT2D eigenvalue weighted by molar-refractivity contribution is 5.85. The van der Waals surface area contributed by atoms with Crippen LogP contribution in [0.1, 0.15) is 16.7 Å². The van der Waals surface area contributed by atoms with Crippen molar-refractivity contribution in [2.24, 2.45) is 0 Å². The van der Waals surface area contributed by atoms with Gasteiger partial charge in [-0.15, -0.1) is 0 Å². The molecule has 0 amide bonds. The maximum Gasteiger partial charge on any atom is 0.0463 e. The summed E-state index contributed by atoms with van der Waals surface area (Å²) in [4.78, 5) is 0. The van der Waals surface area contributed by atoms with Crippen LogP contribution in [0.25, 0.3) is 39.0 Å². The smallest absolute Gasteiger partial charge is 0.0463 e. The van der Waals surface area contributed by atoms with Gasteiger partial charge in [0.15, 0.2) is 0 Å². The molecule has 7 aromatic rings. The Morgan fingerprint density at radius 1 is 0.413 bits per heavy atom. The first-order valence-electron chi connectivity index (χ1n) is 15.8. The zero-order valence-electron chi connectivity index (χ0n) is 25.7. The molecule has 0 unspecified atom stereocenters. The number of benzene rings is 7.